The predicted molar refractivity (Wildman–Crippen MR) is 139 cm³/mol. The van der Waals surface area contributed by atoms with E-state index < -0.39 is 11.6 Å². The van der Waals surface area contributed by atoms with Gasteiger partial charge in [-0.25, -0.2) is 0 Å². The number of amides is 2. The summed E-state index contributed by atoms with van der Waals surface area (Å²) < 4.78 is 0. The van der Waals surface area contributed by atoms with E-state index in [1.165, 1.54) is 0 Å². The summed E-state index contributed by atoms with van der Waals surface area (Å²) in [6.45, 7) is 7.82. The van der Waals surface area contributed by atoms with E-state index in [4.69, 9.17) is 11.6 Å². The Bertz CT molecular complexity index is 1050. The van der Waals surface area contributed by atoms with E-state index in [1.54, 1.807) is 17.9 Å². The quantitative estimate of drug-likeness (QED) is 0.421. The fourth-order valence-electron chi connectivity index (χ4n) is 3.96. The second-order valence-electron chi connectivity index (χ2n) is 9.61. The summed E-state index contributed by atoms with van der Waals surface area (Å²) in [7, 11) is 0. The van der Waals surface area contributed by atoms with Gasteiger partial charge in [-0.2, -0.15) is 0 Å². The molecule has 1 atom stereocenters. The topological polar surface area (TPSA) is 49.4 Å². The van der Waals surface area contributed by atoms with Crippen LogP contribution in [0, 0.1) is 0 Å². The molecule has 0 bridgehead atoms. The first kappa shape index (κ1) is 25.5. The molecule has 34 heavy (non-hydrogen) atoms. The maximum atomic E-state index is 13.8. The number of halogens is 1. The second kappa shape index (κ2) is 11.3. The third-order valence-corrected chi connectivity index (χ3v) is 6.12. The van der Waals surface area contributed by atoms with Gasteiger partial charge in [0.25, 0.3) is 0 Å². The molecule has 0 fully saturated rings. The van der Waals surface area contributed by atoms with Crippen LogP contribution in [0.4, 0.5) is 0 Å². The van der Waals surface area contributed by atoms with Crippen LogP contribution in [0.2, 0.25) is 5.02 Å². The van der Waals surface area contributed by atoms with Crippen LogP contribution < -0.4 is 5.32 Å². The Balaban J connectivity index is 1.94. The van der Waals surface area contributed by atoms with Gasteiger partial charge in [-0.1, -0.05) is 90.5 Å². The lowest BCUT2D eigenvalue weighted by Gasteiger charge is -2.33. The van der Waals surface area contributed by atoms with Gasteiger partial charge in [0.15, 0.2) is 0 Å². The lowest BCUT2D eigenvalue weighted by molar-refractivity contribution is -0.141. The molecule has 3 aromatic rings. The molecule has 0 saturated carbocycles. The van der Waals surface area contributed by atoms with Crippen LogP contribution >= 0.6 is 11.6 Å². The minimum absolute atomic E-state index is 0.103. The van der Waals surface area contributed by atoms with Crippen molar-refractivity contribution < 1.29 is 9.59 Å². The summed E-state index contributed by atoms with van der Waals surface area (Å²) >= 11 is 6.42. The molecule has 5 heteroatoms. The van der Waals surface area contributed by atoms with Crippen molar-refractivity contribution in [2.24, 2.45) is 0 Å². The van der Waals surface area contributed by atoms with E-state index in [2.05, 4.69) is 5.32 Å². The molecule has 0 aliphatic carbocycles. The third kappa shape index (κ3) is 6.94. The SMILES string of the molecule is C[C@@H](C(=O)NC(C)(C)C)N(Cc1ccccc1Cl)C(=O)CC(c1ccccc1)c1ccccc1. The highest BCUT2D eigenvalue weighted by atomic mass is 35.5. The van der Waals surface area contributed by atoms with Crippen molar-refractivity contribution >= 4 is 23.4 Å². The average molecular weight is 477 g/mol. The molecule has 0 radical (unpaired) electrons. The molecule has 3 aromatic carbocycles. The molecule has 2 amide bonds. The van der Waals surface area contributed by atoms with Crippen molar-refractivity contribution in [3.05, 3.63) is 107 Å². The van der Waals surface area contributed by atoms with Crippen LogP contribution in [0.25, 0.3) is 0 Å². The third-order valence-electron chi connectivity index (χ3n) is 5.75. The number of carbonyl (C=O) groups excluding carboxylic acids is 2. The fourth-order valence-corrected chi connectivity index (χ4v) is 4.15. The van der Waals surface area contributed by atoms with Gasteiger partial charge in [0.2, 0.25) is 11.8 Å². The lowest BCUT2D eigenvalue weighted by Crippen LogP contribution is -2.52. The number of nitrogens with one attached hydrogen (secondary N) is 1. The Morgan fingerprint density at radius 2 is 1.35 bits per heavy atom. The van der Waals surface area contributed by atoms with E-state index in [-0.39, 0.29) is 30.7 Å². The van der Waals surface area contributed by atoms with Crippen LogP contribution in [0.3, 0.4) is 0 Å². The molecule has 0 saturated heterocycles. The normalized spacial score (nSPS) is 12.3. The molecular formula is C29H33ClN2O2. The van der Waals surface area contributed by atoms with Crippen molar-refractivity contribution in [1.82, 2.24) is 10.2 Å². The molecule has 0 heterocycles. The zero-order chi connectivity index (χ0) is 24.7. The molecule has 178 valence electrons. The maximum Gasteiger partial charge on any atom is 0.242 e. The summed E-state index contributed by atoms with van der Waals surface area (Å²) in [5, 5.41) is 3.58. The standard InChI is InChI=1S/C29H33ClN2O2/c1-21(28(34)31-29(2,3)4)32(20-24-17-11-12-18-26(24)30)27(33)19-25(22-13-7-5-8-14-22)23-15-9-6-10-16-23/h5-18,21,25H,19-20H2,1-4H3,(H,31,34)/t21-/m0/s1. The summed E-state index contributed by atoms with van der Waals surface area (Å²) in [4.78, 5) is 28.5. The van der Waals surface area contributed by atoms with E-state index in [0.717, 1.165) is 16.7 Å². The monoisotopic (exact) mass is 476 g/mol. The van der Waals surface area contributed by atoms with Crippen molar-refractivity contribution in [2.75, 3.05) is 0 Å². The number of hydrogen-bond acceptors (Lipinski definition) is 2. The van der Waals surface area contributed by atoms with Crippen LogP contribution in [-0.4, -0.2) is 28.3 Å². The highest BCUT2D eigenvalue weighted by Crippen LogP contribution is 2.30. The van der Waals surface area contributed by atoms with Gasteiger partial charge in [-0.15, -0.1) is 0 Å². The summed E-state index contributed by atoms with van der Waals surface area (Å²) in [6.07, 6.45) is 0.242. The van der Waals surface area contributed by atoms with Gasteiger partial charge >= 0.3 is 0 Å². The minimum atomic E-state index is -0.657. The van der Waals surface area contributed by atoms with Crippen molar-refractivity contribution in [2.45, 2.75) is 58.2 Å². The average Bonchev–Trinajstić information content (AvgIpc) is 2.81. The molecule has 4 nitrogen and oxygen atoms in total. The number of nitrogens with zero attached hydrogens (tertiary/aromatic N) is 1. The Labute approximate surface area is 207 Å². The molecule has 3 rings (SSSR count). The van der Waals surface area contributed by atoms with Crippen molar-refractivity contribution in [1.29, 1.82) is 0 Å². The van der Waals surface area contributed by atoms with Gasteiger partial charge in [0.05, 0.1) is 0 Å². The Hall–Kier alpha value is -3.11. The molecule has 0 aliphatic heterocycles. The Morgan fingerprint density at radius 3 is 1.85 bits per heavy atom. The number of hydrogen-bond donors (Lipinski definition) is 1. The van der Waals surface area contributed by atoms with Crippen molar-refractivity contribution in [3.63, 3.8) is 0 Å². The largest absolute Gasteiger partial charge is 0.350 e. The van der Waals surface area contributed by atoms with E-state index >= 15 is 0 Å². The fraction of sp³-hybridized carbons (Fsp3) is 0.310. The summed E-state index contributed by atoms with van der Waals surface area (Å²) in [6, 6.07) is 26.8. The van der Waals surface area contributed by atoms with Crippen LogP contribution in [0.5, 0.6) is 0 Å². The number of carbonyl (C=O) groups is 2. The maximum absolute atomic E-state index is 13.8. The molecule has 0 unspecified atom stereocenters. The highest BCUT2D eigenvalue weighted by molar-refractivity contribution is 6.31. The number of rotatable bonds is 8. The van der Waals surface area contributed by atoms with Crippen LogP contribution in [0.15, 0.2) is 84.9 Å². The van der Waals surface area contributed by atoms with Crippen molar-refractivity contribution in [3.8, 4) is 0 Å². The highest BCUT2D eigenvalue weighted by Gasteiger charge is 2.30. The van der Waals surface area contributed by atoms with E-state index in [0.29, 0.717) is 5.02 Å². The van der Waals surface area contributed by atoms with Crippen LogP contribution in [-0.2, 0) is 16.1 Å². The zero-order valence-electron chi connectivity index (χ0n) is 20.3. The Kier molecular flexibility index (Phi) is 8.51. The van der Waals surface area contributed by atoms with Gasteiger partial charge in [0, 0.05) is 29.4 Å². The molecule has 0 aromatic heterocycles. The summed E-state index contributed by atoms with van der Waals surface area (Å²) in [5.41, 5.74) is 2.53. The molecule has 0 aliphatic rings. The van der Waals surface area contributed by atoms with Gasteiger partial charge in [-0.05, 0) is 50.5 Å². The number of benzene rings is 3. The predicted octanol–water partition coefficient (Wildman–Crippen LogP) is 6.19. The second-order valence-corrected chi connectivity index (χ2v) is 10.0. The molecule has 0 spiro atoms. The first-order valence-corrected chi connectivity index (χ1v) is 12.0. The zero-order valence-corrected chi connectivity index (χ0v) is 21.0. The van der Waals surface area contributed by atoms with E-state index in [9.17, 15) is 9.59 Å². The molecular weight excluding hydrogens is 444 g/mol. The smallest absolute Gasteiger partial charge is 0.242 e. The minimum Gasteiger partial charge on any atom is -0.350 e. The first-order valence-electron chi connectivity index (χ1n) is 11.6. The lowest BCUT2D eigenvalue weighted by atomic mass is 9.88. The first-order chi connectivity index (χ1) is 16.2. The van der Waals surface area contributed by atoms with Gasteiger partial charge < -0.3 is 10.2 Å². The van der Waals surface area contributed by atoms with Gasteiger partial charge in [-0.3, -0.25) is 9.59 Å². The van der Waals surface area contributed by atoms with E-state index in [1.807, 2.05) is 99.6 Å². The van der Waals surface area contributed by atoms with Crippen LogP contribution in [0.1, 0.15) is 56.7 Å². The summed E-state index contributed by atoms with van der Waals surface area (Å²) in [5.74, 6) is -0.417. The Morgan fingerprint density at radius 1 is 0.853 bits per heavy atom. The van der Waals surface area contributed by atoms with Gasteiger partial charge in [0.1, 0.15) is 6.04 Å². The molecule has 1 N–H and O–H groups in total.